The van der Waals surface area contributed by atoms with E-state index in [1.54, 1.807) is 57.5 Å². The lowest BCUT2D eigenvalue weighted by molar-refractivity contribution is 0.145. The molecule has 1 saturated heterocycles. The molecule has 2 N–H and O–H groups in total. The first-order valence-corrected chi connectivity index (χ1v) is 16.3. The van der Waals surface area contributed by atoms with E-state index in [2.05, 4.69) is 31.8 Å². The highest BCUT2D eigenvalue weighted by atomic mass is 19.1. The van der Waals surface area contributed by atoms with E-state index < -0.39 is 22.9 Å². The Morgan fingerprint density at radius 3 is 2.46 bits per heavy atom. The summed E-state index contributed by atoms with van der Waals surface area (Å²) in [6, 6.07) is 14.6. The van der Waals surface area contributed by atoms with Crippen LogP contribution in [0.15, 0.2) is 75.4 Å². The molecule has 50 heavy (non-hydrogen) atoms. The van der Waals surface area contributed by atoms with Crippen LogP contribution in [0.1, 0.15) is 23.1 Å². The van der Waals surface area contributed by atoms with Crippen LogP contribution >= 0.6 is 0 Å². The van der Waals surface area contributed by atoms with Gasteiger partial charge in [0.05, 0.1) is 30.6 Å². The van der Waals surface area contributed by atoms with E-state index in [9.17, 15) is 14.7 Å². The third-order valence-electron chi connectivity index (χ3n) is 8.72. The van der Waals surface area contributed by atoms with Crippen molar-refractivity contribution in [2.24, 2.45) is 4.99 Å². The Bertz CT molecular complexity index is 2150. The number of aliphatic imine (C=N–C) groups is 1. The molecular formula is C37H39FN6O6. The molecule has 0 aliphatic carbocycles. The summed E-state index contributed by atoms with van der Waals surface area (Å²) in [6.45, 7) is 9.30. The summed E-state index contributed by atoms with van der Waals surface area (Å²) in [5, 5.41) is 11.6. The van der Waals surface area contributed by atoms with Crippen molar-refractivity contribution in [3.8, 4) is 34.6 Å². The number of para-hydroxylation sites is 1. The van der Waals surface area contributed by atoms with Crippen molar-refractivity contribution in [2.75, 3.05) is 53.5 Å². The number of methoxy groups -OCH3 is 1. The van der Waals surface area contributed by atoms with Crippen molar-refractivity contribution in [2.45, 2.75) is 20.3 Å². The molecule has 0 amide bonds. The third-order valence-corrected chi connectivity index (χ3v) is 8.72. The van der Waals surface area contributed by atoms with E-state index in [1.807, 2.05) is 6.07 Å². The maximum atomic E-state index is 15.4. The Kier molecular flexibility index (Phi) is 10.3. The second-order valence-electron chi connectivity index (χ2n) is 12.2. The molecule has 0 saturated carbocycles. The van der Waals surface area contributed by atoms with Gasteiger partial charge in [-0.25, -0.2) is 13.8 Å². The van der Waals surface area contributed by atoms with Gasteiger partial charge >= 0.3 is 5.69 Å². The van der Waals surface area contributed by atoms with Gasteiger partial charge in [-0.1, -0.05) is 18.2 Å². The number of hydrogen-bond acceptors (Lipinski definition) is 10. The number of aromatic hydroxyl groups is 1. The Morgan fingerprint density at radius 2 is 1.74 bits per heavy atom. The molecule has 6 rings (SSSR count). The molecule has 0 bridgehead atoms. The molecule has 12 nitrogen and oxygen atoms in total. The number of hydrogen-bond donors (Lipinski definition) is 2. The summed E-state index contributed by atoms with van der Waals surface area (Å²) >= 11 is 0. The lowest BCUT2D eigenvalue weighted by Gasteiger charge is -2.32. The summed E-state index contributed by atoms with van der Waals surface area (Å²) in [7, 11) is 3.69. The van der Waals surface area contributed by atoms with E-state index in [0.717, 1.165) is 67.1 Å². The molecule has 0 radical (unpaired) electrons. The monoisotopic (exact) mass is 682 g/mol. The number of nitrogens with one attached hydrogen (secondary N) is 1. The van der Waals surface area contributed by atoms with Gasteiger partial charge in [0, 0.05) is 62.7 Å². The fourth-order valence-electron chi connectivity index (χ4n) is 5.96. The molecule has 3 aromatic carbocycles. The van der Waals surface area contributed by atoms with E-state index >= 15 is 4.39 Å². The zero-order valence-electron chi connectivity index (χ0n) is 28.4. The molecule has 3 heterocycles. The predicted molar refractivity (Wildman–Crippen MR) is 190 cm³/mol. The van der Waals surface area contributed by atoms with Gasteiger partial charge in [0.25, 0.3) is 5.56 Å². The van der Waals surface area contributed by atoms with Crippen LogP contribution in [0.25, 0.3) is 16.6 Å². The molecule has 1 aliphatic heterocycles. The van der Waals surface area contributed by atoms with Crippen LogP contribution in [0.2, 0.25) is 0 Å². The zero-order chi connectivity index (χ0) is 35.4. The van der Waals surface area contributed by atoms with Crippen molar-refractivity contribution in [3.05, 3.63) is 104 Å². The van der Waals surface area contributed by atoms with Crippen LogP contribution in [0.5, 0.6) is 28.9 Å². The van der Waals surface area contributed by atoms with Gasteiger partial charge in [-0.05, 0) is 62.7 Å². The summed E-state index contributed by atoms with van der Waals surface area (Å²) in [5.41, 5.74) is 0.724. The Labute approximate surface area is 288 Å². The van der Waals surface area contributed by atoms with Crippen molar-refractivity contribution >= 4 is 22.8 Å². The van der Waals surface area contributed by atoms with Crippen molar-refractivity contribution < 1.29 is 23.7 Å². The fourth-order valence-corrected chi connectivity index (χ4v) is 5.96. The first-order valence-electron chi connectivity index (χ1n) is 16.3. The molecule has 260 valence electrons. The topological polar surface area (TPSA) is 135 Å². The number of benzene rings is 3. The van der Waals surface area contributed by atoms with E-state index in [0.29, 0.717) is 40.4 Å². The van der Waals surface area contributed by atoms with Crippen LogP contribution in [0, 0.1) is 19.7 Å². The Hall–Kier alpha value is -5.53. The standard InChI is InChI=1S/C37H39FN6O6/c1-23-7-5-8-24(2)34(23)44-36(46)27(35(45)41-37(44)47)22-40-25-9-10-31(28(38)19-25)50-30-11-12-39-29-21-33(32(48-4)20-26(29)30)49-18-6-13-43-16-14-42(3)15-17-43/h5,7-12,19-22,46H,6,13-18H2,1-4H3,(H,41,45,47). The highest BCUT2D eigenvalue weighted by Crippen LogP contribution is 2.38. The molecule has 1 fully saturated rings. The van der Waals surface area contributed by atoms with Crippen LogP contribution in [0.4, 0.5) is 10.1 Å². The number of halogens is 1. The van der Waals surface area contributed by atoms with Crippen LogP contribution < -0.4 is 25.5 Å². The number of pyridine rings is 1. The van der Waals surface area contributed by atoms with Crippen LogP contribution in [0.3, 0.4) is 0 Å². The molecule has 0 spiro atoms. The summed E-state index contributed by atoms with van der Waals surface area (Å²) in [4.78, 5) is 41.0. The summed E-state index contributed by atoms with van der Waals surface area (Å²) in [6.07, 6.45) is 3.53. The number of rotatable bonds is 11. The number of aromatic nitrogens is 3. The highest BCUT2D eigenvalue weighted by molar-refractivity contribution is 5.88. The minimum Gasteiger partial charge on any atom is -0.493 e. The number of fused-ring (bicyclic) bond motifs is 1. The first-order chi connectivity index (χ1) is 24.1. The first kappa shape index (κ1) is 34.3. The molecule has 13 heteroatoms. The van der Waals surface area contributed by atoms with Gasteiger partial charge in [0.2, 0.25) is 5.88 Å². The van der Waals surface area contributed by atoms with Gasteiger partial charge in [-0.2, -0.15) is 0 Å². The van der Waals surface area contributed by atoms with Gasteiger partial charge in [0.1, 0.15) is 11.3 Å². The number of aryl methyl sites for hydroxylation is 2. The Morgan fingerprint density at radius 1 is 0.980 bits per heavy atom. The second kappa shape index (κ2) is 14.9. The van der Waals surface area contributed by atoms with Crippen molar-refractivity contribution in [1.82, 2.24) is 24.3 Å². The SMILES string of the molecule is COc1cc2c(Oc3ccc(N=Cc4c(O)n(-c5c(C)cccc5C)c(=O)[nH]c4=O)cc3F)ccnc2cc1OCCCN1CCN(C)CC1. The number of nitrogens with zero attached hydrogens (tertiary/aromatic N) is 5. The average molecular weight is 683 g/mol. The number of aromatic amines is 1. The fraction of sp³-hybridized carbons (Fsp3) is 0.297. The second-order valence-corrected chi connectivity index (χ2v) is 12.2. The van der Waals surface area contributed by atoms with Gasteiger partial charge in [-0.3, -0.25) is 19.8 Å². The quantitative estimate of drug-likeness (QED) is 0.144. The maximum absolute atomic E-state index is 15.4. The number of piperazine rings is 1. The summed E-state index contributed by atoms with van der Waals surface area (Å²) in [5.74, 6) is 0.0576. The van der Waals surface area contributed by atoms with Gasteiger partial charge in [-0.15, -0.1) is 0 Å². The van der Waals surface area contributed by atoms with Crippen LogP contribution in [-0.2, 0) is 0 Å². The van der Waals surface area contributed by atoms with E-state index in [-0.39, 0.29) is 17.0 Å². The Balaban J connectivity index is 1.18. The lowest BCUT2D eigenvalue weighted by atomic mass is 10.1. The molecule has 1 aliphatic rings. The normalized spacial score (nSPS) is 14.0. The minimum absolute atomic E-state index is 0.0658. The van der Waals surface area contributed by atoms with Crippen molar-refractivity contribution in [1.29, 1.82) is 0 Å². The zero-order valence-corrected chi connectivity index (χ0v) is 28.4. The predicted octanol–water partition coefficient (Wildman–Crippen LogP) is 5.10. The largest absolute Gasteiger partial charge is 0.493 e. The highest BCUT2D eigenvalue weighted by Gasteiger charge is 2.18. The minimum atomic E-state index is -0.835. The van der Waals surface area contributed by atoms with E-state index in [1.165, 1.54) is 12.1 Å². The lowest BCUT2D eigenvalue weighted by Crippen LogP contribution is -2.44. The molecule has 0 atom stereocenters. The third kappa shape index (κ3) is 7.38. The summed E-state index contributed by atoms with van der Waals surface area (Å²) < 4.78 is 34.1. The number of likely N-dealkylation sites (N-methyl/N-ethyl adjacent to an activating group) is 1. The molecule has 2 aromatic heterocycles. The van der Waals surface area contributed by atoms with E-state index in [4.69, 9.17) is 14.2 Å². The van der Waals surface area contributed by atoms with Crippen molar-refractivity contribution in [3.63, 3.8) is 0 Å². The molecule has 0 unspecified atom stereocenters. The number of ether oxygens (including phenoxy) is 3. The number of H-pyrrole nitrogens is 1. The smallest absolute Gasteiger partial charge is 0.335 e. The molecule has 5 aromatic rings. The van der Waals surface area contributed by atoms with Gasteiger partial charge < -0.3 is 29.1 Å². The molecular weight excluding hydrogens is 643 g/mol. The maximum Gasteiger partial charge on any atom is 0.335 e. The average Bonchev–Trinajstić information content (AvgIpc) is 3.09. The van der Waals surface area contributed by atoms with Crippen LogP contribution in [-0.4, -0.2) is 89.1 Å². The van der Waals surface area contributed by atoms with Gasteiger partial charge in [0.15, 0.2) is 23.1 Å².